The number of rotatable bonds is 5. The lowest BCUT2D eigenvalue weighted by Gasteiger charge is -2.11. The van der Waals surface area contributed by atoms with Gasteiger partial charge in [0.15, 0.2) is 0 Å². The normalized spacial score (nSPS) is 10.6. The van der Waals surface area contributed by atoms with Crippen LogP contribution in [-0.2, 0) is 6.54 Å². The summed E-state index contributed by atoms with van der Waals surface area (Å²) in [6, 6.07) is 14.2. The van der Waals surface area contributed by atoms with Gasteiger partial charge in [-0.1, -0.05) is 18.2 Å². The van der Waals surface area contributed by atoms with Crippen LogP contribution in [0, 0.1) is 0 Å². The molecule has 0 unspecified atom stereocenters. The maximum absolute atomic E-state index is 10.9. The van der Waals surface area contributed by atoms with Gasteiger partial charge in [-0.3, -0.25) is 0 Å². The van der Waals surface area contributed by atoms with Crippen molar-refractivity contribution in [3.05, 3.63) is 59.7 Å². The summed E-state index contributed by atoms with van der Waals surface area (Å²) >= 11 is 0. The van der Waals surface area contributed by atoms with E-state index in [4.69, 9.17) is 9.84 Å². The first-order valence-corrected chi connectivity index (χ1v) is 6.29. The Morgan fingerprint density at radius 1 is 1.10 bits per heavy atom. The summed E-state index contributed by atoms with van der Waals surface area (Å²) in [7, 11) is 4.03. The van der Waals surface area contributed by atoms with Gasteiger partial charge in [-0.05, 0) is 50.0 Å². The molecule has 2 aromatic carbocycles. The summed E-state index contributed by atoms with van der Waals surface area (Å²) in [5, 5.41) is 8.94. The van der Waals surface area contributed by atoms with E-state index in [1.807, 2.05) is 38.4 Å². The van der Waals surface area contributed by atoms with E-state index in [-0.39, 0.29) is 5.56 Å². The van der Waals surface area contributed by atoms with Crippen molar-refractivity contribution < 1.29 is 14.6 Å². The summed E-state index contributed by atoms with van der Waals surface area (Å²) in [4.78, 5) is 13.0. The molecular weight excluding hydrogens is 254 g/mol. The molecule has 20 heavy (non-hydrogen) atoms. The third-order valence-electron chi connectivity index (χ3n) is 2.74. The van der Waals surface area contributed by atoms with Crippen LogP contribution >= 0.6 is 0 Å². The highest BCUT2D eigenvalue weighted by molar-refractivity contribution is 5.88. The summed E-state index contributed by atoms with van der Waals surface area (Å²) in [6.45, 7) is 0.870. The maximum atomic E-state index is 10.9. The second-order valence-electron chi connectivity index (χ2n) is 4.82. The van der Waals surface area contributed by atoms with Crippen molar-refractivity contribution in [2.24, 2.45) is 0 Å². The highest BCUT2D eigenvalue weighted by Gasteiger charge is 2.04. The zero-order chi connectivity index (χ0) is 14.5. The van der Waals surface area contributed by atoms with Gasteiger partial charge in [0.05, 0.1) is 5.56 Å². The first-order chi connectivity index (χ1) is 9.54. The van der Waals surface area contributed by atoms with Gasteiger partial charge in [0, 0.05) is 6.54 Å². The number of benzene rings is 2. The van der Waals surface area contributed by atoms with Crippen molar-refractivity contribution in [3.63, 3.8) is 0 Å². The summed E-state index contributed by atoms with van der Waals surface area (Å²) in [6.07, 6.45) is 0. The quantitative estimate of drug-likeness (QED) is 0.907. The van der Waals surface area contributed by atoms with E-state index in [9.17, 15) is 4.79 Å². The lowest BCUT2D eigenvalue weighted by Crippen LogP contribution is -2.10. The number of carbonyl (C=O) groups is 1. The van der Waals surface area contributed by atoms with E-state index in [1.165, 1.54) is 17.7 Å². The molecule has 0 bridgehead atoms. The molecule has 0 saturated carbocycles. The van der Waals surface area contributed by atoms with Crippen molar-refractivity contribution in [1.29, 1.82) is 0 Å². The molecule has 0 saturated heterocycles. The topological polar surface area (TPSA) is 49.8 Å². The molecule has 0 radical (unpaired) electrons. The molecule has 0 atom stereocenters. The highest BCUT2D eigenvalue weighted by atomic mass is 16.5. The Balaban J connectivity index is 2.10. The molecule has 4 heteroatoms. The number of hydrogen-bond donors (Lipinski definition) is 1. The first kappa shape index (κ1) is 14.1. The zero-order valence-electron chi connectivity index (χ0n) is 11.5. The lowest BCUT2D eigenvalue weighted by molar-refractivity contribution is 0.0696. The van der Waals surface area contributed by atoms with Crippen LogP contribution < -0.4 is 4.74 Å². The smallest absolute Gasteiger partial charge is 0.335 e. The minimum Gasteiger partial charge on any atom is -0.478 e. The minimum absolute atomic E-state index is 0.215. The van der Waals surface area contributed by atoms with Gasteiger partial charge in [-0.25, -0.2) is 4.79 Å². The number of carboxylic acid groups (broad SMARTS) is 1. The Bertz CT molecular complexity index is 591. The van der Waals surface area contributed by atoms with Gasteiger partial charge in [0.25, 0.3) is 0 Å². The molecular formula is C16H17NO3. The van der Waals surface area contributed by atoms with E-state index in [2.05, 4.69) is 4.90 Å². The third-order valence-corrected chi connectivity index (χ3v) is 2.74. The third kappa shape index (κ3) is 3.83. The standard InChI is InChI=1S/C16H17NO3/c1-17(2)11-12-6-8-14(9-7-12)20-15-5-3-4-13(10-15)16(18)19/h3-10H,11H2,1-2H3,(H,18,19). The average molecular weight is 271 g/mol. The predicted octanol–water partition coefficient (Wildman–Crippen LogP) is 3.24. The zero-order valence-corrected chi connectivity index (χ0v) is 11.5. The Morgan fingerprint density at radius 3 is 2.40 bits per heavy atom. The van der Waals surface area contributed by atoms with Crippen molar-refractivity contribution >= 4 is 5.97 Å². The molecule has 0 fully saturated rings. The molecule has 1 N–H and O–H groups in total. The van der Waals surface area contributed by atoms with E-state index in [0.717, 1.165) is 6.54 Å². The summed E-state index contributed by atoms with van der Waals surface area (Å²) < 4.78 is 5.65. The van der Waals surface area contributed by atoms with Crippen LogP contribution in [0.5, 0.6) is 11.5 Å². The number of ether oxygens (including phenoxy) is 1. The molecule has 0 aliphatic rings. The van der Waals surface area contributed by atoms with Crippen molar-refractivity contribution in [2.45, 2.75) is 6.54 Å². The number of hydrogen-bond acceptors (Lipinski definition) is 3. The summed E-state index contributed by atoms with van der Waals surface area (Å²) in [5.41, 5.74) is 1.41. The molecule has 0 amide bonds. The minimum atomic E-state index is -0.961. The van der Waals surface area contributed by atoms with Gasteiger partial charge in [0.1, 0.15) is 11.5 Å². The van der Waals surface area contributed by atoms with Crippen molar-refractivity contribution in [3.8, 4) is 11.5 Å². The van der Waals surface area contributed by atoms with E-state index >= 15 is 0 Å². The monoisotopic (exact) mass is 271 g/mol. The Morgan fingerprint density at radius 2 is 1.80 bits per heavy atom. The molecule has 2 rings (SSSR count). The molecule has 0 aliphatic carbocycles. The number of aromatic carboxylic acids is 1. The van der Waals surface area contributed by atoms with Crippen molar-refractivity contribution in [1.82, 2.24) is 4.90 Å². The molecule has 4 nitrogen and oxygen atoms in total. The van der Waals surface area contributed by atoms with Gasteiger partial charge in [-0.15, -0.1) is 0 Å². The second-order valence-corrected chi connectivity index (χ2v) is 4.82. The first-order valence-electron chi connectivity index (χ1n) is 6.29. The fourth-order valence-corrected chi connectivity index (χ4v) is 1.86. The molecule has 0 heterocycles. The number of carboxylic acids is 1. The highest BCUT2D eigenvalue weighted by Crippen LogP contribution is 2.22. The van der Waals surface area contributed by atoms with Crippen LogP contribution in [0.2, 0.25) is 0 Å². The van der Waals surface area contributed by atoms with E-state index in [0.29, 0.717) is 11.5 Å². The molecule has 0 aliphatic heterocycles. The Labute approximate surface area is 118 Å². The molecule has 0 aromatic heterocycles. The van der Waals surface area contributed by atoms with E-state index < -0.39 is 5.97 Å². The fourth-order valence-electron chi connectivity index (χ4n) is 1.86. The molecule has 104 valence electrons. The van der Waals surface area contributed by atoms with Crippen LogP contribution in [0.25, 0.3) is 0 Å². The van der Waals surface area contributed by atoms with Gasteiger partial charge >= 0.3 is 5.97 Å². The van der Waals surface area contributed by atoms with Crippen LogP contribution in [0.1, 0.15) is 15.9 Å². The van der Waals surface area contributed by atoms with Crippen LogP contribution in [0.4, 0.5) is 0 Å². The second kappa shape index (κ2) is 6.21. The average Bonchev–Trinajstić information content (AvgIpc) is 2.41. The Hall–Kier alpha value is -2.33. The van der Waals surface area contributed by atoms with Gasteiger partial charge < -0.3 is 14.7 Å². The molecule has 2 aromatic rings. The lowest BCUT2D eigenvalue weighted by atomic mass is 10.2. The predicted molar refractivity (Wildman–Crippen MR) is 77.3 cm³/mol. The fraction of sp³-hybridized carbons (Fsp3) is 0.188. The van der Waals surface area contributed by atoms with Crippen LogP contribution in [0.15, 0.2) is 48.5 Å². The van der Waals surface area contributed by atoms with Crippen molar-refractivity contribution in [2.75, 3.05) is 14.1 Å². The van der Waals surface area contributed by atoms with E-state index in [1.54, 1.807) is 12.1 Å². The summed E-state index contributed by atoms with van der Waals surface area (Å²) in [5.74, 6) is 0.247. The van der Waals surface area contributed by atoms with Crippen LogP contribution in [0.3, 0.4) is 0 Å². The van der Waals surface area contributed by atoms with Crippen LogP contribution in [-0.4, -0.2) is 30.1 Å². The largest absolute Gasteiger partial charge is 0.478 e. The van der Waals surface area contributed by atoms with Gasteiger partial charge in [-0.2, -0.15) is 0 Å². The maximum Gasteiger partial charge on any atom is 0.335 e. The Kier molecular flexibility index (Phi) is 4.38. The SMILES string of the molecule is CN(C)Cc1ccc(Oc2cccc(C(=O)O)c2)cc1. The van der Waals surface area contributed by atoms with Gasteiger partial charge in [0.2, 0.25) is 0 Å². The number of nitrogens with zero attached hydrogens (tertiary/aromatic N) is 1. The molecule has 0 spiro atoms.